The van der Waals surface area contributed by atoms with Crippen LogP contribution in [0.1, 0.15) is 20.7 Å². The molecule has 1 heterocycles. The van der Waals surface area contributed by atoms with Crippen LogP contribution in [0.3, 0.4) is 0 Å². The van der Waals surface area contributed by atoms with Gasteiger partial charge in [0.1, 0.15) is 0 Å². The maximum atomic E-state index is 11.5. The number of rotatable bonds is 2. The summed E-state index contributed by atoms with van der Waals surface area (Å²) in [5, 5.41) is 7.60. The summed E-state index contributed by atoms with van der Waals surface area (Å²) in [5.41, 5.74) is 0.903. The van der Waals surface area contributed by atoms with Gasteiger partial charge in [-0.1, -0.05) is 25.3 Å². The second-order valence-corrected chi connectivity index (χ2v) is 3.25. The second-order valence-electron chi connectivity index (χ2n) is 3.25. The van der Waals surface area contributed by atoms with Crippen molar-refractivity contribution in [1.82, 2.24) is 4.90 Å². The average molecular weight is 245 g/mol. The first-order valence-corrected chi connectivity index (χ1v) is 4.97. The molecule has 1 aromatic rings. The highest BCUT2D eigenvalue weighted by Gasteiger charge is 2.32. The zero-order valence-electron chi connectivity index (χ0n) is 9.50. The summed E-state index contributed by atoms with van der Waals surface area (Å²) in [6, 6.07) is 6.74. The first-order valence-electron chi connectivity index (χ1n) is 4.97. The highest BCUT2D eigenvalue weighted by Crippen LogP contribution is 2.21. The molecule has 18 heavy (non-hydrogen) atoms. The fourth-order valence-corrected chi connectivity index (χ4v) is 1.37. The van der Waals surface area contributed by atoms with Gasteiger partial charge in [-0.3, -0.25) is 9.59 Å². The predicted octanol–water partition coefficient (Wildman–Crippen LogP) is 1.68. The van der Waals surface area contributed by atoms with Crippen LogP contribution in [0.15, 0.2) is 49.7 Å². The molecular formula is C13H11NO4. The van der Waals surface area contributed by atoms with Gasteiger partial charge in [-0.05, 0) is 12.1 Å². The minimum atomic E-state index is -0.981. The van der Waals surface area contributed by atoms with Crippen molar-refractivity contribution < 1.29 is 19.5 Å². The number of benzene rings is 1. The lowest BCUT2D eigenvalue weighted by Gasteiger charge is -2.04. The van der Waals surface area contributed by atoms with Crippen LogP contribution in [0.2, 0.25) is 0 Å². The Balaban J connectivity index is 0.000000280. The standard InChI is InChI=1S/C10H7NO2.C3H4O2/c1-2-11-9(12)7-5-3-4-6-8(7)10(11)13;1-2-3(4)5/h2-6H,1H2;2H,1H2,(H,4,5). The Kier molecular flexibility index (Phi) is 4.15. The molecule has 1 aliphatic rings. The Morgan fingerprint density at radius 3 is 1.78 bits per heavy atom. The number of carboxylic acids is 1. The van der Waals surface area contributed by atoms with Gasteiger partial charge in [-0.15, -0.1) is 0 Å². The molecule has 1 N–H and O–H groups in total. The summed E-state index contributed by atoms with van der Waals surface area (Å²) in [7, 11) is 0. The topological polar surface area (TPSA) is 74.7 Å². The van der Waals surface area contributed by atoms with Gasteiger partial charge in [-0.25, -0.2) is 9.69 Å². The second kappa shape index (κ2) is 5.58. The molecule has 0 unspecified atom stereocenters. The third kappa shape index (κ3) is 2.52. The molecule has 0 bridgehead atoms. The first-order chi connectivity index (χ1) is 8.52. The molecule has 0 fully saturated rings. The Bertz CT molecular complexity index is 499. The van der Waals surface area contributed by atoms with E-state index in [0.29, 0.717) is 11.1 Å². The summed E-state index contributed by atoms with van der Waals surface area (Å²) >= 11 is 0. The number of fused-ring (bicyclic) bond motifs is 1. The SMILES string of the molecule is C=CC(=O)O.C=CN1C(=O)c2ccccc2C1=O. The van der Waals surface area contributed by atoms with Crippen molar-refractivity contribution in [1.29, 1.82) is 0 Å². The Morgan fingerprint density at radius 2 is 1.50 bits per heavy atom. The third-order valence-corrected chi connectivity index (χ3v) is 2.18. The number of carbonyl (C=O) groups is 3. The van der Waals surface area contributed by atoms with Gasteiger partial charge < -0.3 is 5.11 Å². The number of hydrogen-bond acceptors (Lipinski definition) is 3. The molecule has 0 aromatic heterocycles. The summed E-state index contributed by atoms with van der Waals surface area (Å²) in [4.78, 5) is 33.2. The van der Waals surface area contributed by atoms with Gasteiger partial charge in [0, 0.05) is 12.3 Å². The van der Waals surface area contributed by atoms with Gasteiger partial charge in [0.15, 0.2) is 0 Å². The van der Waals surface area contributed by atoms with Crippen LogP contribution in [0.25, 0.3) is 0 Å². The molecule has 92 valence electrons. The van der Waals surface area contributed by atoms with Crippen molar-refractivity contribution in [3.05, 3.63) is 60.8 Å². The number of nitrogens with zero attached hydrogens (tertiary/aromatic N) is 1. The highest BCUT2D eigenvalue weighted by atomic mass is 16.4. The van der Waals surface area contributed by atoms with E-state index >= 15 is 0 Å². The van der Waals surface area contributed by atoms with Crippen LogP contribution in [0, 0.1) is 0 Å². The minimum Gasteiger partial charge on any atom is -0.478 e. The fraction of sp³-hybridized carbons (Fsp3) is 0. The first kappa shape index (κ1) is 13.4. The third-order valence-electron chi connectivity index (χ3n) is 2.18. The average Bonchev–Trinajstić information content (AvgIpc) is 2.63. The molecule has 0 saturated heterocycles. The monoisotopic (exact) mass is 245 g/mol. The van der Waals surface area contributed by atoms with Crippen LogP contribution >= 0.6 is 0 Å². The molecule has 1 aliphatic heterocycles. The normalized spacial score (nSPS) is 12.3. The van der Waals surface area contributed by atoms with Gasteiger partial charge in [-0.2, -0.15) is 0 Å². The number of carboxylic acid groups (broad SMARTS) is 1. The van der Waals surface area contributed by atoms with Gasteiger partial charge >= 0.3 is 5.97 Å². The van der Waals surface area contributed by atoms with E-state index in [0.717, 1.165) is 11.0 Å². The zero-order valence-corrected chi connectivity index (χ0v) is 9.50. The molecule has 2 rings (SSSR count). The van der Waals surface area contributed by atoms with Crippen molar-refractivity contribution in [2.24, 2.45) is 0 Å². The van der Waals surface area contributed by atoms with Crippen LogP contribution in [-0.2, 0) is 4.79 Å². The molecule has 0 aliphatic carbocycles. The molecule has 5 heteroatoms. The van der Waals surface area contributed by atoms with Gasteiger partial charge in [0.2, 0.25) is 0 Å². The van der Waals surface area contributed by atoms with E-state index in [1.165, 1.54) is 6.20 Å². The van der Waals surface area contributed by atoms with E-state index in [2.05, 4.69) is 13.2 Å². The lowest BCUT2D eigenvalue weighted by atomic mass is 10.1. The summed E-state index contributed by atoms with van der Waals surface area (Å²) in [6.45, 7) is 6.37. The number of hydrogen-bond donors (Lipinski definition) is 1. The Hall–Kier alpha value is -2.69. The Morgan fingerprint density at radius 1 is 1.11 bits per heavy atom. The van der Waals surface area contributed by atoms with E-state index < -0.39 is 5.97 Å². The van der Waals surface area contributed by atoms with E-state index in [-0.39, 0.29) is 11.8 Å². The highest BCUT2D eigenvalue weighted by molar-refractivity contribution is 6.21. The number of aliphatic carboxylic acids is 1. The van der Waals surface area contributed by atoms with Crippen LogP contribution < -0.4 is 0 Å². The van der Waals surface area contributed by atoms with Crippen molar-refractivity contribution in [3.8, 4) is 0 Å². The summed E-state index contributed by atoms with van der Waals surface area (Å²) < 4.78 is 0. The minimum absolute atomic E-state index is 0.296. The van der Waals surface area contributed by atoms with Crippen LogP contribution in [-0.4, -0.2) is 27.8 Å². The van der Waals surface area contributed by atoms with Crippen molar-refractivity contribution in [3.63, 3.8) is 0 Å². The Labute approximate surface area is 104 Å². The predicted molar refractivity (Wildman–Crippen MR) is 65.0 cm³/mol. The maximum Gasteiger partial charge on any atom is 0.327 e. The van der Waals surface area contributed by atoms with Crippen molar-refractivity contribution >= 4 is 17.8 Å². The molecule has 1 aromatic carbocycles. The molecule has 0 atom stereocenters. The van der Waals surface area contributed by atoms with Crippen LogP contribution in [0.5, 0.6) is 0 Å². The lowest BCUT2D eigenvalue weighted by Crippen LogP contribution is -2.22. The molecule has 5 nitrogen and oxygen atoms in total. The molecule has 2 amide bonds. The molecular weight excluding hydrogens is 234 g/mol. The zero-order chi connectivity index (χ0) is 13.7. The number of amides is 2. The van der Waals surface area contributed by atoms with E-state index in [1.807, 2.05) is 0 Å². The maximum absolute atomic E-state index is 11.5. The van der Waals surface area contributed by atoms with Gasteiger partial charge in [0.05, 0.1) is 11.1 Å². The van der Waals surface area contributed by atoms with E-state index in [1.54, 1.807) is 24.3 Å². The number of carbonyl (C=O) groups excluding carboxylic acids is 2. The smallest absolute Gasteiger partial charge is 0.327 e. The van der Waals surface area contributed by atoms with E-state index in [9.17, 15) is 14.4 Å². The molecule has 0 spiro atoms. The van der Waals surface area contributed by atoms with Crippen molar-refractivity contribution in [2.45, 2.75) is 0 Å². The summed E-state index contributed by atoms with van der Waals surface area (Å²) in [5.74, 6) is -1.57. The molecule has 0 saturated carbocycles. The molecule has 0 radical (unpaired) electrons. The van der Waals surface area contributed by atoms with Crippen LogP contribution in [0.4, 0.5) is 0 Å². The summed E-state index contributed by atoms with van der Waals surface area (Å²) in [6.07, 6.45) is 2.07. The van der Waals surface area contributed by atoms with E-state index in [4.69, 9.17) is 5.11 Å². The number of imide groups is 1. The van der Waals surface area contributed by atoms with Gasteiger partial charge in [0.25, 0.3) is 11.8 Å². The fourth-order valence-electron chi connectivity index (χ4n) is 1.37. The largest absolute Gasteiger partial charge is 0.478 e. The van der Waals surface area contributed by atoms with Crippen molar-refractivity contribution in [2.75, 3.05) is 0 Å². The quantitative estimate of drug-likeness (QED) is 0.635. The lowest BCUT2D eigenvalue weighted by molar-refractivity contribution is -0.131.